The lowest BCUT2D eigenvalue weighted by atomic mass is 10.0. The fourth-order valence-electron chi connectivity index (χ4n) is 1.96. The van der Waals surface area contributed by atoms with Gasteiger partial charge in [-0.05, 0) is 55.8 Å². The first-order valence-corrected chi connectivity index (χ1v) is 6.41. The summed E-state index contributed by atoms with van der Waals surface area (Å²) in [6.07, 6.45) is 2.76. The van der Waals surface area contributed by atoms with Crippen molar-refractivity contribution in [1.82, 2.24) is 10.3 Å². The summed E-state index contributed by atoms with van der Waals surface area (Å²) in [5.41, 5.74) is 3.56. The maximum Gasteiger partial charge on any atom is 0.0579 e. The predicted octanol–water partition coefficient (Wildman–Crippen LogP) is 3.55. The SMILES string of the molecule is CNC(Cc1ccc(Cl)cc1)c1cc(C)ccn1. The Morgan fingerprint density at radius 2 is 1.94 bits per heavy atom. The van der Waals surface area contributed by atoms with E-state index >= 15 is 0 Å². The average molecular weight is 261 g/mol. The summed E-state index contributed by atoms with van der Waals surface area (Å²) in [7, 11) is 1.96. The number of benzene rings is 1. The standard InChI is InChI=1S/C15H17ClN2/c1-11-7-8-18-15(9-11)14(17-2)10-12-3-5-13(16)6-4-12/h3-9,14,17H,10H2,1-2H3. The van der Waals surface area contributed by atoms with Gasteiger partial charge in [-0.1, -0.05) is 23.7 Å². The zero-order valence-electron chi connectivity index (χ0n) is 10.7. The minimum absolute atomic E-state index is 0.228. The first-order chi connectivity index (χ1) is 8.69. The Hall–Kier alpha value is -1.38. The summed E-state index contributed by atoms with van der Waals surface area (Å²) >= 11 is 5.89. The molecular formula is C15H17ClN2. The van der Waals surface area contributed by atoms with E-state index in [1.165, 1.54) is 11.1 Å². The molecule has 2 rings (SSSR count). The maximum absolute atomic E-state index is 5.89. The van der Waals surface area contributed by atoms with Gasteiger partial charge in [0.05, 0.1) is 11.7 Å². The van der Waals surface area contributed by atoms with Crippen molar-refractivity contribution in [1.29, 1.82) is 0 Å². The summed E-state index contributed by atoms with van der Waals surface area (Å²) in [6.45, 7) is 2.08. The molecule has 0 amide bonds. The molecule has 0 aliphatic carbocycles. The summed E-state index contributed by atoms with van der Waals surface area (Å²) in [5, 5.41) is 4.08. The Bertz CT molecular complexity index is 508. The summed E-state index contributed by atoms with van der Waals surface area (Å²) in [5.74, 6) is 0. The van der Waals surface area contributed by atoms with Crippen LogP contribution in [0.15, 0.2) is 42.6 Å². The number of halogens is 1. The van der Waals surface area contributed by atoms with Crippen LogP contribution in [0, 0.1) is 6.92 Å². The summed E-state index contributed by atoms with van der Waals surface area (Å²) in [4.78, 5) is 4.44. The lowest BCUT2D eigenvalue weighted by Crippen LogP contribution is -2.20. The second-order valence-electron chi connectivity index (χ2n) is 4.43. The van der Waals surface area contributed by atoms with Crippen molar-refractivity contribution in [3.8, 4) is 0 Å². The zero-order chi connectivity index (χ0) is 13.0. The van der Waals surface area contributed by atoms with E-state index in [-0.39, 0.29) is 6.04 Å². The fourth-order valence-corrected chi connectivity index (χ4v) is 2.09. The van der Waals surface area contributed by atoms with E-state index in [0.717, 1.165) is 17.1 Å². The molecule has 0 saturated carbocycles. The third-order valence-corrected chi connectivity index (χ3v) is 3.25. The van der Waals surface area contributed by atoms with Crippen LogP contribution in [-0.4, -0.2) is 12.0 Å². The Morgan fingerprint density at radius 1 is 1.22 bits per heavy atom. The normalized spacial score (nSPS) is 12.4. The van der Waals surface area contributed by atoms with Gasteiger partial charge in [-0.3, -0.25) is 4.98 Å². The molecule has 1 aromatic heterocycles. The third kappa shape index (κ3) is 3.31. The first kappa shape index (κ1) is 13.1. The molecule has 2 aromatic rings. The van der Waals surface area contributed by atoms with Crippen LogP contribution in [0.1, 0.15) is 22.9 Å². The topological polar surface area (TPSA) is 24.9 Å². The molecule has 1 unspecified atom stereocenters. The first-order valence-electron chi connectivity index (χ1n) is 6.03. The number of nitrogens with one attached hydrogen (secondary N) is 1. The number of hydrogen-bond donors (Lipinski definition) is 1. The van der Waals surface area contributed by atoms with Crippen molar-refractivity contribution in [2.45, 2.75) is 19.4 Å². The summed E-state index contributed by atoms with van der Waals surface area (Å²) in [6, 6.07) is 12.3. The van der Waals surface area contributed by atoms with E-state index in [1.807, 2.05) is 31.4 Å². The molecule has 1 aromatic carbocycles. The molecule has 2 nitrogen and oxygen atoms in total. The van der Waals surface area contributed by atoms with Gasteiger partial charge in [0.25, 0.3) is 0 Å². The minimum Gasteiger partial charge on any atom is -0.311 e. The Morgan fingerprint density at radius 3 is 2.56 bits per heavy atom. The lowest BCUT2D eigenvalue weighted by molar-refractivity contribution is 0.575. The van der Waals surface area contributed by atoms with Gasteiger partial charge in [0.15, 0.2) is 0 Å². The summed E-state index contributed by atoms with van der Waals surface area (Å²) < 4.78 is 0. The van der Waals surface area contributed by atoms with Crippen LogP contribution in [0.25, 0.3) is 0 Å². The molecule has 94 valence electrons. The van der Waals surface area contributed by atoms with Crippen molar-refractivity contribution >= 4 is 11.6 Å². The van der Waals surface area contributed by atoms with E-state index in [2.05, 4.69) is 35.4 Å². The highest BCUT2D eigenvalue weighted by Crippen LogP contribution is 2.18. The van der Waals surface area contributed by atoms with Crippen molar-refractivity contribution in [2.75, 3.05) is 7.05 Å². The fraction of sp³-hybridized carbons (Fsp3) is 0.267. The van der Waals surface area contributed by atoms with Gasteiger partial charge >= 0.3 is 0 Å². The molecule has 18 heavy (non-hydrogen) atoms. The maximum atomic E-state index is 5.89. The second kappa shape index (κ2) is 5.98. The third-order valence-electron chi connectivity index (χ3n) is 3.00. The van der Waals surface area contributed by atoms with E-state index in [9.17, 15) is 0 Å². The zero-order valence-corrected chi connectivity index (χ0v) is 11.4. The van der Waals surface area contributed by atoms with Gasteiger partial charge in [0, 0.05) is 11.2 Å². The molecule has 0 fully saturated rings. The van der Waals surface area contributed by atoms with Crippen LogP contribution in [-0.2, 0) is 6.42 Å². The molecule has 0 radical (unpaired) electrons. The van der Waals surface area contributed by atoms with Gasteiger partial charge in [-0.25, -0.2) is 0 Å². The largest absolute Gasteiger partial charge is 0.311 e. The van der Waals surface area contributed by atoms with Crippen molar-refractivity contribution in [3.63, 3.8) is 0 Å². The molecule has 0 bridgehead atoms. The minimum atomic E-state index is 0.228. The highest BCUT2D eigenvalue weighted by atomic mass is 35.5. The highest BCUT2D eigenvalue weighted by molar-refractivity contribution is 6.30. The number of likely N-dealkylation sites (N-methyl/N-ethyl adjacent to an activating group) is 1. The Labute approximate surface area is 113 Å². The van der Waals surface area contributed by atoms with Crippen LogP contribution in [0.2, 0.25) is 5.02 Å². The smallest absolute Gasteiger partial charge is 0.0579 e. The van der Waals surface area contributed by atoms with E-state index in [1.54, 1.807) is 0 Å². The number of rotatable bonds is 4. The van der Waals surface area contributed by atoms with Crippen LogP contribution < -0.4 is 5.32 Å². The molecule has 0 aliphatic rings. The van der Waals surface area contributed by atoms with Gasteiger partial charge in [-0.2, -0.15) is 0 Å². The van der Waals surface area contributed by atoms with Crippen LogP contribution in [0.4, 0.5) is 0 Å². The van der Waals surface area contributed by atoms with Crippen LogP contribution >= 0.6 is 11.6 Å². The van der Waals surface area contributed by atoms with Crippen molar-refractivity contribution < 1.29 is 0 Å². The molecule has 3 heteroatoms. The number of pyridine rings is 1. The Balaban J connectivity index is 2.17. The molecule has 0 saturated heterocycles. The van der Waals surface area contributed by atoms with Crippen molar-refractivity contribution in [3.05, 3.63) is 64.4 Å². The van der Waals surface area contributed by atoms with E-state index in [4.69, 9.17) is 11.6 Å². The quantitative estimate of drug-likeness (QED) is 0.910. The van der Waals surface area contributed by atoms with Gasteiger partial charge in [0.2, 0.25) is 0 Å². The molecule has 0 spiro atoms. The lowest BCUT2D eigenvalue weighted by Gasteiger charge is -2.16. The highest BCUT2D eigenvalue weighted by Gasteiger charge is 2.11. The van der Waals surface area contributed by atoms with Crippen LogP contribution in [0.5, 0.6) is 0 Å². The van der Waals surface area contributed by atoms with Crippen molar-refractivity contribution in [2.24, 2.45) is 0 Å². The average Bonchev–Trinajstić information content (AvgIpc) is 2.38. The second-order valence-corrected chi connectivity index (χ2v) is 4.87. The monoisotopic (exact) mass is 260 g/mol. The predicted molar refractivity (Wildman–Crippen MR) is 75.9 cm³/mol. The van der Waals surface area contributed by atoms with E-state index in [0.29, 0.717) is 0 Å². The number of aromatic nitrogens is 1. The van der Waals surface area contributed by atoms with Gasteiger partial charge in [-0.15, -0.1) is 0 Å². The molecule has 0 aliphatic heterocycles. The Kier molecular flexibility index (Phi) is 4.34. The molecule has 1 heterocycles. The number of hydrogen-bond acceptors (Lipinski definition) is 2. The van der Waals surface area contributed by atoms with Gasteiger partial charge < -0.3 is 5.32 Å². The molecule has 1 N–H and O–H groups in total. The number of nitrogens with zero attached hydrogens (tertiary/aromatic N) is 1. The molecular weight excluding hydrogens is 244 g/mol. The molecule has 1 atom stereocenters. The number of aryl methyl sites for hydroxylation is 1. The van der Waals surface area contributed by atoms with Gasteiger partial charge in [0.1, 0.15) is 0 Å². The van der Waals surface area contributed by atoms with E-state index < -0.39 is 0 Å². The van der Waals surface area contributed by atoms with Crippen LogP contribution in [0.3, 0.4) is 0 Å².